The molecule has 1 aliphatic rings. The molecule has 19 heavy (non-hydrogen) atoms. The minimum atomic E-state index is -0.217. The monoisotopic (exact) mass is 276 g/mol. The Balaban J connectivity index is 2.02. The highest BCUT2D eigenvalue weighted by Crippen LogP contribution is 2.37. The molecule has 2 nitrogen and oxygen atoms in total. The number of nitrogens with zero attached hydrogens (tertiary/aromatic N) is 1. The van der Waals surface area contributed by atoms with Crippen molar-refractivity contribution in [1.29, 1.82) is 0 Å². The van der Waals surface area contributed by atoms with Crippen LogP contribution in [-0.4, -0.2) is 6.54 Å². The van der Waals surface area contributed by atoms with Crippen LogP contribution in [0.3, 0.4) is 0 Å². The van der Waals surface area contributed by atoms with Crippen molar-refractivity contribution in [3.8, 4) is 0 Å². The second kappa shape index (κ2) is 4.83. The minimum absolute atomic E-state index is 0.00386. The van der Waals surface area contributed by atoms with Gasteiger partial charge in [0.05, 0.1) is 6.04 Å². The maximum atomic E-state index is 13.4. The van der Waals surface area contributed by atoms with Crippen molar-refractivity contribution in [3.05, 3.63) is 64.4 Å². The Hall–Kier alpha value is -1.58. The van der Waals surface area contributed by atoms with E-state index >= 15 is 0 Å². The molecular formula is C15H14ClFN2. The molecule has 0 saturated heterocycles. The van der Waals surface area contributed by atoms with Gasteiger partial charge in [0.25, 0.3) is 0 Å². The predicted octanol–water partition coefficient (Wildman–Crippen LogP) is 3.50. The summed E-state index contributed by atoms with van der Waals surface area (Å²) in [6, 6.07) is 12.6. The standard InChI is InChI=1S/C15H14ClFN2/c16-11-2-1-3-13(6-11)19-9-10-4-5-12(17)7-14(10)15(19)8-18/h1-7,15H,8-9,18H2. The summed E-state index contributed by atoms with van der Waals surface area (Å²) >= 11 is 6.03. The van der Waals surface area contributed by atoms with Crippen LogP contribution in [0.1, 0.15) is 17.2 Å². The van der Waals surface area contributed by atoms with Crippen LogP contribution in [0, 0.1) is 5.82 Å². The maximum absolute atomic E-state index is 13.4. The molecule has 2 aromatic carbocycles. The molecule has 0 amide bonds. The molecule has 1 atom stereocenters. The average molecular weight is 277 g/mol. The van der Waals surface area contributed by atoms with Gasteiger partial charge in [-0.25, -0.2) is 4.39 Å². The largest absolute Gasteiger partial charge is 0.359 e. The third-order valence-electron chi connectivity index (χ3n) is 3.55. The van der Waals surface area contributed by atoms with Crippen molar-refractivity contribution >= 4 is 17.3 Å². The first kappa shape index (κ1) is 12.5. The lowest BCUT2D eigenvalue weighted by Gasteiger charge is -2.26. The fraction of sp³-hybridized carbons (Fsp3) is 0.200. The minimum Gasteiger partial charge on any atom is -0.359 e. The van der Waals surface area contributed by atoms with Gasteiger partial charge in [0.1, 0.15) is 5.82 Å². The second-order valence-electron chi connectivity index (χ2n) is 4.70. The summed E-state index contributed by atoms with van der Waals surface area (Å²) < 4.78 is 13.4. The van der Waals surface area contributed by atoms with E-state index in [1.807, 2.05) is 30.3 Å². The molecule has 1 unspecified atom stereocenters. The van der Waals surface area contributed by atoms with Gasteiger partial charge < -0.3 is 10.6 Å². The zero-order chi connectivity index (χ0) is 13.4. The summed E-state index contributed by atoms with van der Waals surface area (Å²) in [6.45, 7) is 1.18. The van der Waals surface area contributed by atoms with Gasteiger partial charge in [-0.2, -0.15) is 0 Å². The molecule has 0 saturated carbocycles. The summed E-state index contributed by atoms with van der Waals surface area (Å²) in [5.74, 6) is -0.217. The summed E-state index contributed by atoms with van der Waals surface area (Å²) in [4.78, 5) is 2.16. The molecule has 1 heterocycles. The van der Waals surface area contributed by atoms with E-state index in [4.69, 9.17) is 17.3 Å². The molecule has 0 bridgehead atoms. The topological polar surface area (TPSA) is 29.3 Å². The fourth-order valence-corrected chi connectivity index (χ4v) is 2.85. The first-order valence-electron chi connectivity index (χ1n) is 6.19. The molecule has 0 aromatic heterocycles. The van der Waals surface area contributed by atoms with Crippen molar-refractivity contribution in [1.82, 2.24) is 0 Å². The van der Waals surface area contributed by atoms with Gasteiger partial charge in [-0.1, -0.05) is 23.7 Å². The van der Waals surface area contributed by atoms with E-state index in [1.54, 1.807) is 6.07 Å². The van der Waals surface area contributed by atoms with E-state index in [2.05, 4.69) is 4.90 Å². The summed E-state index contributed by atoms with van der Waals surface area (Å²) in [5.41, 5.74) is 8.98. The lowest BCUT2D eigenvalue weighted by molar-refractivity contribution is 0.620. The second-order valence-corrected chi connectivity index (χ2v) is 5.14. The number of hydrogen-bond donors (Lipinski definition) is 1. The highest BCUT2D eigenvalue weighted by molar-refractivity contribution is 6.30. The molecular weight excluding hydrogens is 263 g/mol. The summed E-state index contributed by atoms with van der Waals surface area (Å²) in [7, 11) is 0. The van der Waals surface area contributed by atoms with E-state index in [-0.39, 0.29) is 11.9 Å². The van der Waals surface area contributed by atoms with Crippen LogP contribution in [0.15, 0.2) is 42.5 Å². The first-order chi connectivity index (χ1) is 9.19. The number of hydrogen-bond acceptors (Lipinski definition) is 2. The number of fused-ring (bicyclic) bond motifs is 1. The molecule has 0 fully saturated rings. The smallest absolute Gasteiger partial charge is 0.123 e. The molecule has 98 valence electrons. The predicted molar refractivity (Wildman–Crippen MR) is 75.8 cm³/mol. The Labute approximate surface area is 116 Å². The zero-order valence-electron chi connectivity index (χ0n) is 10.3. The maximum Gasteiger partial charge on any atom is 0.123 e. The SMILES string of the molecule is NCC1c2cc(F)ccc2CN1c1cccc(Cl)c1. The van der Waals surface area contributed by atoms with Crippen LogP contribution >= 0.6 is 11.6 Å². The number of halogens is 2. The summed E-state index contributed by atoms with van der Waals surface area (Å²) in [5, 5.41) is 0.690. The van der Waals surface area contributed by atoms with Crippen LogP contribution in [0.4, 0.5) is 10.1 Å². The van der Waals surface area contributed by atoms with Crippen LogP contribution in [0.2, 0.25) is 5.02 Å². The lowest BCUT2D eigenvalue weighted by Crippen LogP contribution is -2.27. The van der Waals surface area contributed by atoms with E-state index in [0.717, 1.165) is 23.4 Å². The van der Waals surface area contributed by atoms with Crippen LogP contribution < -0.4 is 10.6 Å². The fourth-order valence-electron chi connectivity index (χ4n) is 2.66. The van der Waals surface area contributed by atoms with Gasteiger partial charge in [0, 0.05) is 23.8 Å². The van der Waals surface area contributed by atoms with E-state index in [0.29, 0.717) is 11.6 Å². The Morgan fingerprint density at radius 3 is 2.84 bits per heavy atom. The Morgan fingerprint density at radius 1 is 1.26 bits per heavy atom. The zero-order valence-corrected chi connectivity index (χ0v) is 11.1. The third-order valence-corrected chi connectivity index (χ3v) is 3.78. The van der Waals surface area contributed by atoms with Crippen molar-refractivity contribution in [2.75, 3.05) is 11.4 Å². The summed E-state index contributed by atoms with van der Waals surface area (Å²) in [6.07, 6.45) is 0. The van der Waals surface area contributed by atoms with Gasteiger partial charge in [0.15, 0.2) is 0 Å². The van der Waals surface area contributed by atoms with Crippen molar-refractivity contribution in [2.45, 2.75) is 12.6 Å². The quantitative estimate of drug-likeness (QED) is 0.910. The number of benzene rings is 2. The Bertz CT molecular complexity index is 615. The first-order valence-corrected chi connectivity index (χ1v) is 6.57. The van der Waals surface area contributed by atoms with Crippen LogP contribution in [0.25, 0.3) is 0 Å². The molecule has 0 spiro atoms. The van der Waals surface area contributed by atoms with Gasteiger partial charge >= 0.3 is 0 Å². The number of anilines is 1. The molecule has 1 aliphatic heterocycles. The van der Waals surface area contributed by atoms with Gasteiger partial charge in [0.2, 0.25) is 0 Å². The normalized spacial score (nSPS) is 17.6. The lowest BCUT2D eigenvalue weighted by atomic mass is 10.0. The molecule has 2 aromatic rings. The molecule has 3 rings (SSSR count). The van der Waals surface area contributed by atoms with Crippen molar-refractivity contribution in [3.63, 3.8) is 0 Å². The van der Waals surface area contributed by atoms with E-state index < -0.39 is 0 Å². The van der Waals surface area contributed by atoms with Gasteiger partial charge in [-0.05, 0) is 41.5 Å². The van der Waals surface area contributed by atoms with Gasteiger partial charge in [-0.15, -0.1) is 0 Å². The van der Waals surface area contributed by atoms with Crippen molar-refractivity contribution in [2.24, 2.45) is 5.73 Å². The van der Waals surface area contributed by atoms with E-state index in [1.165, 1.54) is 6.07 Å². The third kappa shape index (κ3) is 2.20. The molecule has 0 radical (unpaired) electrons. The Kier molecular flexibility index (Phi) is 3.17. The van der Waals surface area contributed by atoms with Crippen LogP contribution in [-0.2, 0) is 6.54 Å². The van der Waals surface area contributed by atoms with Crippen LogP contribution in [0.5, 0.6) is 0 Å². The van der Waals surface area contributed by atoms with Gasteiger partial charge in [-0.3, -0.25) is 0 Å². The molecule has 0 aliphatic carbocycles. The molecule has 2 N–H and O–H groups in total. The average Bonchev–Trinajstić information content (AvgIpc) is 2.76. The van der Waals surface area contributed by atoms with Crippen molar-refractivity contribution < 1.29 is 4.39 Å². The number of nitrogens with two attached hydrogens (primary N) is 1. The molecule has 4 heteroatoms. The number of rotatable bonds is 2. The highest BCUT2D eigenvalue weighted by Gasteiger charge is 2.29. The van der Waals surface area contributed by atoms with E-state index in [9.17, 15) is 4.39 Å². The Morgan fingerprint density at radius 2 is 2.11 bits per heavy atom. The highest BCUT2D eigenvalue weighted by atomic mass is 35.5.